The Morgan fingerprint density at radius 3 is 2.33 bits per heavy atom. The molecule has 1 saturated heterocycles. The van der Waals surface area contributed by atoms with Gasteiger partial charge in [-0.15, -0.1) is 10.2 Å². The van der Waals surface area contributed by atoms with Crippen LogP contribution in [0.1, 0.15) is 19.8 Å². The Bertz CT molecular complexity index is 786. The molecule has 1 aliphatic heterocycles. The zero-order valence-electron chi connectivity index (χ0n) is 13.3. The van der Waals surface area contributed by atoms with Gasteiger partial charge in [0.1, 0.15) is 5.82 Å². The van der Waals surface area contributed by atoms with Gasteiger partial charge in [-0.1, -0.05) is 6.92 Å². The van der Waals surface area contributed by atoms with Crippen LogP contribution in [-0.2, 0) is 10.0 Å². The first-order chi connectivity index (χ1) is 11.4. The molecule has 0 amide bonds. The minimum absolute atomic E-state index is 0.0280. The Morgan fingerprint density at radius 2 is 1.75 bits per heavy atom. The first-order valence-corrected chi connectivity index (χ1v) is 9.29. The van der Waals surface area contributed by atoms with Crippen molar-refractivity contribution >= 4 is 21.7 Å². The Morgan fingerprint density at radius 1 is 1.08 bits per heavy atom. The van der Waals surface area contributed by atoms with Crippen LogP contribution < -0.4 is 9.62 Å². The van der Waals surface area contributed by atoms with Gasteiger partial charge < -0.3 is 4.90 Å². The SMILES string of the molecule is CC1CCN(c2ccc(NS(=O)(=O)c3ccc(F)cc3)nn2)CC1. The first-order valence-electron chi connectivity index (χ1n) is 7.81. The summed E-state index contributed by atoms with van der Waals surface area (Å²) in [6, 6.07) is 7.94. The molecular weight excluding hydrogens is 331 g/mol. The molecule has 1 aliphatic rings. The largest absolute Gasteiger partial charge is 0.355 e. The van der Waals surface area contributed by atoms with Crippen LogP contribution in [0.4, 0.5) is 16.0 Å². The van der Waals surface area contributed by atoms with Crippen LogP contribution in [0.25, 0.3) is 0 Å². The average molecular weight is 350 g/mol. The molecule has 0 unspecified atom stereocenters. The summed E-state index contributed by atoms with van der Waals surface area (Å²) in [6.45, 7) is 4.09. The predicted molar refractivity (Wildman–Crippen MR) is 89.9 cm³/mol. The van der Waals surface area contributed by atoms with Gasteiger partial charge in [0.25, 0.3) is 10.0 Å². The molecule has 3 rings (SSSR count). The van der Waals surface area contributed by atoms with Crippen molar-refractivity contribution in [2.45, 2.75) is 24.7 Å². The summed E-state index contributed by atoms with van der Waals surface area (Å²) in [7, 11) is -3.81. The van der Waals surface area contributed by atoms with E-state index < -0.39 is 15.8 Å². The van der Waals surface area contributed by atoms with Gasteiger partial charge in [0.2, 0.25) is 0 Å². The number of halogens is 1. The lowest BCUT2D eigenvalue weighted by Crippen LogP contribution is -2.33. The number of sulfonamides is 1. The van der Waals surface area contributed by atoms with Crippen LogP contribution in [-0.4, -0.2) is 31.7 Å². The zero-order valence-corrected chi connectivity index (χ0v) is 14.1. The number of nitrogens with one attached hydrogen (secondary N) is 1. The second kappa shape index (κ2) is 6.72. The molecule has 6 nitrogen and oxygen atoms in total. The van der Waals surface area contributed by atoms with E-state index in [9.17, 15) is 12.8 Å². The monoisotopic (exact) mass is 350 g/mol. The lowest BCUT2D eigenvalue weighted by atomic mass is 9.99. The van der Waals surface area contributed by atoms with Crippen molar-refractivity contribution in [1.82, 2.24) is 10.2 Å². The molecule has 0 aliphatic carbocycles. The highest BCUT2D eigenvalue weighted by molar-refractivity contribution is 7.92. The molecule has 0 radical (unpaired) electrons. The van der Waals surface area contributed by atoms with Gasteiger partial charge in [-0.3, -0.25) is 4.72 Å². The summed E-state index contributed by atoms with van der Waals surface area (Å²) < 4.78 is 39.7. The fourth-order valence-electron chi connectivity index (χ4n) is 2.60. The van der Waals surface area contributed by atoms with Crippen molar-refractivity contribution in [3.63, 3.8) is 0 Å². The molecular formula is C16H19FN4O2S. The second-order valence-corrected chi connectivity index (χ2v) is 7.69. The third-order valence-corrected chi connectivity index (χ3v) is 5.49. The quantitative estimate of drug-likeness (QED) is 0.917. The van der Waals surface area contributed by atoms with Crippen LogP contribution in [0, 0.1) is 11.7 Å². The first kappa shape index (κ1) is 16.6. The Kier molecular flexibility index (Phi) is 4.66. The van der Waals surface area contributed by atoms with Crippen LogP contribution in [0.5, 0.6) is 0 Å². The van der Waals surface area contributed by atoms with E-state index >= 15 is 0 Å². The molecule has 2 aromatic rings. The number of hydrogen-bond acceptors (Lipinski definition) is 5. The number of benzene rings is 1. The van der Waals surface area contributed by atoms with Gasteiger partial charge in [-0.25, -0.2) is 12.8 Å². The van der Waals surface area contributed by atoms with Gasteiger partial charge in [0.15, 0.2) is 11.6 Å². The molecule has 1 N–H and O–H groups in total. The molecule has 2 heterocycles. The van der Waals surface area contributed by atoms with E-state index in [4.69, 9.17) is 0 Å². The minimum atomic E-state index is -3.81. The van der Waals surface area contributed by atoms with E-state index in [1.807, 2.05) is 0 Å². The lowest BCUT2D eigenvalue weighted by Gasteiger charge is -2.30. The summed E-state index contributed by atoms with van der Waals surface area (Å²) in [5.74, 6) is 1.10. The van der Waals surface area contributed by atoms with Crippen molar-refractivity contribution < 1.29 is 12.8 Å². The van der Waals surface area contributed by atoms with Gasteiger partial charge in [0, 0.05) is 13.1 Å². The highest BCUT2D eigenvalue weighted by Gasteiger charge is 2.18. The number of rotatable bonds is 4. The van der Waals surface area contributed by atoms with Crippen molar-refractivity contribution in [2.24, 2.45) is 5.92 Å². The maximum Gasteiger partial charge on any atom is 0.263 e. The van der Waals surface area contributed by atoms with E-state index in [0.29, 0.717) is 0 Å². The zero-order chi connectivity index (χ0) is 17.2. The second-order valence-electron chi connectivity index (χ2n) is 6.01. The Hall–Kier alpha value is -2.22. The Balaban J connectivity index is 1.70. The summed E-state index contributed by atoms with van der Waals surface area (Å²) in [4.78, 5) is 2.12. The molecule has 24 heavy (non-hydrogen) atoms. The fraction of sp³-hybridized carbons (Fsp3) is 0.375. The summed E-state index contributed by atoms with van der Waals surface area (Å²) in [6.07, 6.45) is 2.22. The van der Waals surface area contributed by atoms with Gasteiger partial charge in [-0.05, 0) is 55.2 Å². The van der Waals surface area contributed by atoms with E-state index in [0.717, 1.165) is 49.8 Å². The molecule has 0 spiro atoms. The van der Waals surface area contributed by atoms with Crippen LogP contribution in [0.3, 0.4) is 0 Å². The molecule has 1 aromatic carbocycles. The van der Waals surface area contributed by atoms with E-state index in [1.165, 1.54) is 12.1 Å². The number of nitrogens with zero attached hydrogens (tertiary/aromatic N) is 3. The molecule has 8 heteroatoms. The number of aromatic nitrogens is 2. The van der Waals surface area contributed by atoms with Crippen LogP contribution >= 0.6 is 0 Å². The van der Waals surface area contributed by atoms with Crippen molar-refractivity contribution in [3.8, 4) is 0 Å². The topological polar surface area (TPSA) is 75.2 Å². The van der Waals surface area contributed by atoms with E-state index in [2.05, 4.69) is 26.7 Å². The van der Waals surface area contributed by atoms with E-state index in [-0.39, 0.29) is 10.7 Å². The summed E-state index contributed by atoms with van der Waals surface area (Å²) >= 11 is 0. The molecule has 0 saturated carbocycles. The maximum atomic E-state index is 12.9. The fourth-order valence-corrected chi connectivity index (χ4v) is 3.59. The average Bonchev–Trinajstić information content (AvgIpc) is 2.56. The minimum Gasteiger partial charge on any atom is -0.355 e. The number of anilines is 2. The van der Waals surface area contributed by atoms with E-state index in [1.54, 1.807) is 12.1 Å². The van der Waals surface area contributed by atoms with Gasteiger partial charge in [0.05, 0.1) is 4.90 Å². The lowest BCUT2D eigenvalue weighted by molar-refractivity contribution is 0.436. The summed E-state index contributed by atoms with van der Waals surface area (Å²) in [5, 5.41) is 8.05. The standard InChI is InChI=1S/C16H19FN4O2S/c1-12-8-10-21(11-9-12)16-7-6-15(18-19-16)20-24(22,23)14-4-2-13(17)3-5-14/h2-7,12H,8-11H2,1H3,(H,18,20). The molecule has 1 fully saturated rings. The number of hydrogen-bond donors (Lipinski definition) is 1. The third-order valence-electron chi connectivity index (χ3n) is 4.12. The van der Waals surface area contributed by atoms with Crippen molar-refractivity contribution in [1.29, 1.82) is 0 Å². The maximum absolute atomic E-state index is 12.9. The Labute approximate surface area is 140 Å². The van der Waals surface area contributed by atoms with Crippen molar-refractivity contribution in [3.05, 3.63) is 42.2 Å². The third kappa shape index (κ3) is 3.81. The normalized spacial score (nSPS) is 16.2. The van der Waals surface area contributed by atoms with Crippen LogP contribution in [0.2, 0.25) is 0 Å². The van der Waals surface area contributed by atoms with Crippen molar-refractivity contribution in [2.75, 3.05) is 22.7 Å². The molecule has 1 aromatic heterocycles. The molecule has 0 atom stereocenters. The highest BCUT2D eigenvalue weighted by atomic mass is 32.2. The summed E-state index contributed by atoms with van der Waals surface area (Å²) in [5.41, 5.74) is 0. The van der Waals surface area contributed by atoms with Gasteiger partial charge in [-0.2, -0.15) is 0 Å². The smallest absolute Gasteiger partial charge is 0.263 e. The van der Waals surface area contributed by atoms with Crippen LogP contribution in [0.15, 0.2) is 41.3 Å². The van der Waals surface area contributed by atoms with Gasteiger partial charge >= 0.3 is 0 Å². The number of piperidine rings is 1. The predicted octanol–water partition coefficient (Wildman–Crippen LogP) is 2.65. The highest BCUT2D eigenvalue weighted by Crippen LogP contribution is 2.22. The molecule has 128 valence electrons. The molecule has 0 bridgehead atoms.